The van der Waals surface area contributed by atoms with Gasteiger partial charge in [0.1, 0.15) is 5.69 Å². The number of aryl methyl sites for hydroxylation is 1. The fourth-order valence-corrected chi connectivity index (χ4v) is 0.899. The Balaban J connectivity index is 2.78. The van der Waals surface area contributed by atoms with E-state index in [0.717, 1.165) is 0 Å². The van der Waals surface area contributed by atoms with Crippen molar-refractivity contribution in [3.63, 3.8) is 0 Å². The van der Waals surface area contributed by atoms with Gasteiger partial charge in [-0.05, 0) is 20.0 Å². The van der Waals surface area contributed by atoms with Crippen LogP contribution in [0.4, 0.5) is 0 Å². The lowest BCUT2D eigenvalue weighted by atomic mass is 10.1. The Bertz CT molecular complexity index is 280. The molecule has 4 heteroatoms. The van der Waals surface area contributed by atoms with E-state index in [4.69, 9.17) is 0 Å². The number of Topliss-reactive ketones (excluding diaryl/α,β-unsaturated/α-hetero) is 1. The average Bonchev–Trinajstić information content (AvgIpc) is 2.49. The van der Waals surface area contributed by atoms with Crippen molar-refractivity contribution in [2.75, 3.05) is 7.05 Å². The van der Waals surface area contributed by atoms with Gasteiger partial charge in [0.05, 0.1) is 6.04 Å². The molecule has 0 fully saturated rings. The van der Waals surface area contributed by atoms with Crippen LogP contribution >= 0.6 is 0 Å². The van der Waals surface area contributed by atoms with Crippen LogP contribution in [0.25, 0.3) is 0 Å². The molecular weight excluding hydrogens is 154 g/mol. The third kappa shape index (κ3) is 1.71. The van der Waals surface area contributed by atoms with E-state index >= 15 is 0 Å². The van der Waals surface area contributed by atoms with Crippen molar-refractivity contribution in [3.8, 4) is 0 Å². The minimum atomic E-state index is -0.167. The molecule has 1 heterocycles. The molecule has 0 aliphatic rings. The van der Waals surface area contributed by atoms with Crippen LogP contribution in [0.15, 0.2) is 12.3 Å². The molecule has 12 heavy (non-hydrogen) atoms. The number of nitrogens with one attached hydrogen (secondary N) is 1. The maximum absolute atomic E-state index is 11.5. The van der Waals surface area contributed by atoms with Gasteiger partial charge in [-0.25, -0.2) is 0 Å². The van der Waals surface area contributed by atoms with Gasteiger partial charge in [0.15, 0.2) is 5.78 Å². The van der Waals surface area contributed by atoms with Gasteiger partial charge in [0.25, 0.3) is 0 Å². The molecule has 0 bridgehead atoms. The largest absolute Gasteiger partial charge is 0.310 e. The molecule has 1 aromatic rings. The summed E-state index contributed by atoms with van der Waals surface area (Å²) in [7, 11) is 3.55. The minimum Gasteiger partial charge on any atom is -0.310 e. The van der Waals surface area contributed by atoms with Crippen molar-refractivity contribution in [1.29, 1.82) is 0 Å². The Hall–Kier alpha value is -1.16. The number of rotatable bonds is 3. The lowest BCUT2D eigenvalue weighted by molar-refractivity contribution is 0.0949. The monoisotopic (exact) mass is 167 g/mol. The molecule has 0 aliphatic heterocycles. The zero-order chi connectivity index (χ0) is 9.14. The standard InChI is InChI=1S/C8H13N3O/c1-6(9-2)8(12)7-4-5-11(3)10-7/h4-6,9H,1-3H3. The summed E-state index contributed by atoms with van der Waals surface area (Å²) in [6.07, 6.45) is 1.76. The molecule has 0 aromatic carbocycles. The minimum absolute atomic E-state index is 0.0260. The first-order chi connectivity index (χ1) is 5.65. The van der Waals surface area contributed by atoms with Crippen LogP contribution < -0.4 is 5.32 Å². The van der Waals surface area contributed by atoms with Gasteiger partial charge in [-0.2, -0.15) is 5.10 Å². The number of likely N-dealkylation sites (N-methyl/N-ethyl adjacent to an activating group) is 1. The third-order valence-corrected chi connectivity index (χ3v) is 1.79. The van der Waals surface area contributed by atoms with Gasteiger partial charge in [-0.3, -0.25) is 9.48 Å². The molecule has 1 N–H and O–H groups in total. The molecule has 0 radical (unpaired) electrons. The van der Waals surface area contributed by atoms with Crippen LogP contribution in [0.5, 0.6) is 0 Å². The summed E-state index contributed by atoms with van der Waals surface area (Å²) in [5, 5.41) is 6.88. The topological polar surface area (TPSA) is 46.9 Å². The average molecular weight is 167 g/mol. The summed E-state index contributed by atoms with van der Waals surface area (Å²) >= 11 is 0. The third-order valence-electron chi connectivity index (χ3n) is 1.79. The molecular formula is C8H13N3O. The summed E-state index contributed by atoms with van der Waals surface area (Å²) in [5.74, 6) is 0.0260. The Kier molecular flexibility index (Phi) is 2.60. The van der Waals surface area contributed by atoms with Gasteiger partial charge >= 0.3 is 0 Å². The molecule has 1 unspecified atom stereocenters. The highest BCUT2D eigenvalue weighted by atomic mass is 16.1. The van der Waals surface area contributed by atoms with Gasteiger partial charge in [0.2, 0.25) is 0 Å². The lowest BCUT2D eigenvalue weighted by Crippen LogP contribution is -2.31. The van der Waals surface area contributed by atoms with E-state index in [0.29, 0.717) is 5.69 Å². The second kappa shape index (κ2) is 3.49. The fourth-order valence-electron chi connectivity index (χ4n) is 0.899. The van der Waals surface area contributed by atoms with Crippen molar-refractivity contribution in [3.05, 3.63) is 18.0 Å². The Labute approximate surface area is 71.6 Å². The number of carbonyl (C=O) groups excluding carboxylic acids is 1. The highest BCUT2D eigenvalue weighted by Crippen LogP contribution is 1.99. The van der Waals surface area contributed by atoms with E-state index in [2.05, 4.69) is 10.4 Å². The quantitative estimate of drug-likeness (QED) is 0.655. The molecule has 0 spiro atoms. The molecule has 66 valence electrons. The van der Waals surface area contributed by atoms with Crippen molar-refractivity contribution in [1.82, 2.24) is 15.1 Å². The summed E-state index contributed by atoms with van der Waals surface area (Å²) < 4.78 is 1.62. The van der Waals surface area contributed by atoms with E-state index in [1.807, 2.05) is 6.92 Å². The summed E-state index contributed by atoms with van der Waals surface area (Å²) in [5.41, 5.74) is 0.513. The van der Waals surface area contributed by atoms with Gasteiger partial charge in [0, 0.05) is 13.2 Å². The predicted molar refractivity (Wildman–Crippen MR) is 46.1 cm³/mol. The predicted octanol–water partition coefficient (Wildman–Crippen LogP) is 0.211. The SMILES string of the molecule is CNC(C)C(=O)c1ccn(C)n1. The van der Waals surface area contributed by atoms with Crippen LogP contribution in [-0.2, 0) is 7.05 Å². The number of hydrogen-bond acceptors (Lipinski definition) is 3. The molecule has 4 nitrogen and oxygen atoms in total. The lowest BCUT2D eigenvalue weighted by Gasteiger charge is -2.05. The van der Waals surface area contributed by atoms with E-state index < -0.39 is 0 Å². The van der Waals surface area contributed by atoms with Crippen molar-refractivity contribution in [2.45, 2.75) is 13.0 Å². The van der Waals surface area contributed by atoms with E-state index in [9.17, 15) is 4.79 Å². The summed E-state index contributed by atoms with van der Waals surface area (Å²) in [6.45, 7) is 1.82. The Morgan fingerprint density at radius 3 is 2.83 bits per heavy atom. The van der Waals surface area contributed by atoms with E-state index in [1.165, 1.54) is 0 Å². The van der Waals surface area contributed by atoms with E-state index in [1.54, 1.807) is 31.0 Å². The zero-order valence-electron chi connectivity index (χ0n) is 7.53. The van der Waals surface area contributed by atoms with Crippen molar-refractivity contribution < 1.29 is 4.79 Å². The molecule has 1 atom stereocenters. The second-order valence-electron chi connectivity index (χ2n) is 2.75. The molecule has 0 amide bonds. The Morgan fingerprint density at radius 2 is 2.42 bits per heavy atom. The summed E-state index contributed by atoms with van der Waals surface area (Å²) in [6, 6.07) is 1.55. The van der Waals surface area contributed by atoms with Gasteiger partial charge in [-0.1, -0.05) is 0 Å². The van der Waals surface area contributed by atoms with Crippen LogP contribution in [0.2, 0.25) is 0 Å². The fraction of sp³-hybridized carbons (Fsp3) is 0.500. The molecule has 1 aromatic heterocycles. The molecule has 1 rings (SSSR count). The normalized spacial score (nSPS) is 12.9. The van der Waals surface area contributed by atoms with Crippen LogP contribution in [0, 0.1) is 0 Å². The van der Waals surface area contributed by atoms with Crippen LogP contribution in [0.1, 0.15) is 17.4 Å². The van der Waals surface area contributed by atoms with E-state index in [-0.39, 0.29) is 11.8 Å². The first kappa shape index (κ1) is 8.93. The first-order valence-corrected chi connectivity index (χ1v) is 3.86. The number of ketones is 1. The van der Waals surface area contributed by atoms with Gasteiger partial charge < -0.3 is 5.32 Å². The van der Waals surface area contributed by atoms with Crippen molar-refractivity contribution in [2.24, 2.45) is 7.05 Å². The number of hydrogen-bond donors (Lipinski definition) is 1. The molecule has 0 saturated heterocycles. The maximum Gasteiger partial charge on any atom is 0.199 e. The zero-order valence-corrected chi connectivity index (χ0v) is 7.53. The van der Waals surface area contributed by atoms with Gasteiger partial charge in [-0.15, -0.1) is 0 Å². The second-order valence-corrected chi connectivity index (χ2v) is 2.75. The molecule has 0 aliphatic carbocycles. The highest BCUT2D eigenvalue weighted by Gasteiger charge is 2.14. The maximum atomic E-state index is 11.5. The van der Waals surface area contributed by atoms with Crippen molar-refractivity contribution >= 4 is 5.78 Å². The molecule has 0 saturated carbocycles. The number of carbonyl (C=O) groups is 1. The Morgan fingerprint density at radius 1 is 1.75 bits per heavy atom. The number of aromatic nitrogens is 2. The number of nitrogens with zero attached hydrogens (tertiary/aromatic N) is 2. The summed E-state index contributed by atoms with van der Waals surface area (Å²) in [4.78, 5) is 11.5. The highest BCUT2D eigenvalue weighted by molar-refractivity contribution is 5.98. The smallest absolute Gasteiger partial charge is 0.199 e. The van der Waals surface area contributed by atoms with Crippen LogP contribution in [-0.4, -0.2) is 28.7 Å². The first-order valence-electron chi connectivity index (χ1n) is 3.86. The van der Waals surface area contributed by atoms with Crippen LogP contribution in [0.3, 0.4) is 0 Å².